The number of hydrogen-bond acceptors (Lipinski definition) is 1. The van der Waals surface area contributed by atoms with Crippen molar-refractivity contribution in [3.8, 4) is 5.75 Å². The van der Waals surface area contributed by atoms with Crippen LogP contribution in [0.2, 0.25) is 17.1 Å². The highest BCUT2D eigenvalue weighted by Gasteiger charge is 2.40. The summed E-state index contributed by atoms with van der Waals surface area (Å²) in [6.07, 6.45) is 8.81. The summed E-state index contributed by atoms with van der Waals surface area (Å²) in [6, 6.07) is 10.5. The smallest absolute Gasteiger partial charge is 0.118 e. The summed E-state index contributed by atoms with van der Waals surface area (Å²) in [5.41, 5.74) is 1.58. The summed E-state index contributed by atoms with van der Waals surface area (Å²) in [7, 11) is 0.267. The van der Waals surface area contributed by atoms with E-state index in [2.05, 4.69) is 52.0 Å². The van der Waals surface area contributed by atoms with Gasteiger partial charge in [0.25, 0.3) is 0 Å². The van der Waals surface area contributed by atoms with Gasteiger partial charge in [0.05, 0.1) is 15.2 Å². The van der Waals surface area contributed by atoms with Crippen molar-refractivity contribution >= 4 is 13.3 Å². The van der Waals surface area contributed by atoms with Crippen molar-refractivity contribution in [1.82, 2.24) is 0 Å². The molecule has 0 heterocycles. The lowest BCUT2D eigenvalue weighted by Gasteiger charge is -2.40. The van der Waals surface area contributed by atoms with Gasteiger partial charge in [-0.15, -0.1) is 0 Å². The Morgan fingerprint density at radius 1 is 1.00 bits per heavy atom. The zero-order valence-electron chi connectivity index (χ0n) is 15.9. The summed E-state index contributed by atoms with van der Waals surface area (Å²) >= 11 is 0. The second-order valence-electron chi connectivity index (χ2n) is 8.12. The molecule has 1 saturated carbocycles. The quantitative estimate of drug-likeness (QED) is 0.519. The second kappa shape index (κ2) is 8.37. The molecule has 0 aromatic heterocycles. The zero-order valence-corrected chi connectivity index (χ0v) is 16.9. The zero-order chi connectivity index (χ0) is 16.9. The lowest BCUT2D eigenvalue weighted by atomic mass is 10.0. The maximum absolute atomic E-state index is 5.37. The van der Waals surface area contributed by atoms with Crippen LogP contribution in [-0.4, -0.2) is 15.2 Å². The molecule has 1 aliphatic carbocycles. The van der Waals surface area contributed by atoms with Gasteiger partial charge in [-0.05, 0) is 29.1 Å². The molecular formula is C21H36OSi. The molecule has 0 saturated heterocycles. The maximum atomic E-state index is 5.37. The van der Waals surface area contributed by atoms with Gasteiger partial charge < -0.3 is 4.74 Å². The molecular weight excluding hydrogens is 296 g/mol. The highest BCUT2D eigenvalue weighted by atomic mass is 28.3. The number of benzene rings is 1. The molecule has 0 unspecified atom stereocenters. The topological polar surface area (TPSA) is 9.23 Å². The predicted molar refractivity (Wildman–Crippen MR) is 105 cm³/mol. The van der Waals surface area contributed by atoms with Gasteiger partial charge in [0, 0.05) is 0 Å². The van der Waals surface area contributed by atoms with Crippen LogP contribution in [0.15, 0.2) is 24.3 Å². The highest BCUT2D eigenvalue weighted by Crippen LogP contribution is 2.39. The molecule has 0 atom stereocenters. The van der Waals surface area contributed by atoms with Crippen molar-refractivity contribution in [3.63, 3.8) is 0 Å². The average molecular weight is 333 g/mol. The maximum Gasteiger partial charge on any atom is 0.118 e. The van der Waals surface area contributed by atoms with Crippen LogP contribution in [0.3, 0.4) is 0 Å². The molecule has 0 radical (unpaired) electrons. The standard InChI is InChI=1S/C21H36OSi/c1-17(2)23(18(3)4,16-8-11-19-9-6-7-10-19)21-14-12-20(22-5)13-15-21/h12-15,17-19H,6-11,16H2,1-5H3. The molecule has 0 amide bonds. The van der Waals surface area contributed by atoms with E-state index in [0.717, 1.165) is 22.7 Å². The fourth-order valence-electron chi connectivity index (χ4n) is 4.94. The minimum atomic E-state index is -1.49. The average Bonchev–Trinajstić information content (AvgIpc) is 3.04. The van der Waals surface area contributed by atoms with E-state index >= 15 is 0 Å². The fourth-order valence-corrected chi connectivity index (χ4v) is 10.6. The molecule has 2 heteroatoms. The molecule has 2 rings (SSSR count). The molecule has 23 heavy (non-hydrogen) atoms. The van der Waals surface area contributed by atoms with Gasteiger partial charge in [-0.1, -0.05) is 89.6 Å². The largest absolute Gasteiger partial charge is 0.497 e. The molecule has 0 bridgehead atoms. The lowest BCUT2D eigenvalue weighted by Crippen LogP contribution is -2.53. The van der Waals surface area contributed by atoms with Crippen LogP contribution in [0.1, 0.15) is 66.2 Å². The van der Waals surface area contributed by atoms with Gasteiger partial charge in [-0.2, -0.15) is 0 Å². The highest BCUT2D eigenvalue weighted by molar-refractivity contribution is 6.94. The van der Waals surface area contributed by atoms with E-state index in [0.29, 0.717) is 0 Å². The van der Waals surface area contributed by atoms with Crippen LogP contribution in [0.4, 0.5) is 0 Å². The Morgan fingerprint density at radius 3 is 2.04 bits per heavy atom. The Hall–Kier alpha value is -0.763. The van der Waals surface area contributed by atoms with E-state index in [1.807, 2.05) is 0 Å². The summed E-state index contributed by atoms with van der Waals surface area (Å²) < 4.78 is 5.37. The first-order chi connectivity index (χ1) is 11.0. The molecule has 1 nitrogen and oxygen atoms in total. The summed E-state index contributed by atoms with van der Waals surface area (Å²) in [5.74, 6) is 2.01. The van der Waals surface area contributed by atoms with Crippen molar-refractivity contribution in [2.45, 2.75) is 83.3 Å². The van der Waals surface area contributed by atoms with E-state index in [-0.39, 0.29) is 0 Å². The first-order valence-corrected chi connectivity index (χ1v) is 12.0. The molecule has 130 valence electrons. The lowest BCUT2D eigenvalue weighted by molar-refractivity contribution is 0.415. The summed E-state index contributed by atoms with van der Waals surface area (Å²) in [5, 5.41) is 1.63. The fraction of sp³-hybridized carbons (Fsp3) is 0.714. The van der Waals surface area contributed by atoms with Crippen LogP contribution in [0.5, 0.6) is 5.75 Å². The van der Waals surface area contributed by atoms with Gasteiger partial charge in [0.15, 0.2) is 0 Å². The predicted octanol–water partition coefficient (Wildman–Crippen LogP) is 6.14. The first kappa shape index (κ1) is 18.6. The number of methoxy groups -OCH3 is 1. The minimum absolute atomic E-state index is 0.791. The first-order valence-electron chi connectivity index (χ1n) is 9.65. The number of hydrogen-bond donors (Lipinski definition) is 0. The summed E-state index contributed by atoms with van der Waals surface area (Å²) in [6.45, 7) is 9.86. The molecule has 1 aromatic rings. The monoisotopic (exact) mass is 332 g/mol. The van der Waals surface area contributed by atoms with Crippen molar-refractivity contribution in [2.75, 3.05) is 7.11 Å². The molecule has 0 spiro atoms. The van der Waals surface area contributed by atoms with Crippen molar-refractivity contribution in [3.05, 3.63) is 24.3 Å². The Bertz CT molecular complexity index is 449. The van der Waals surface area contributed by atoms with Crippen LogP contribution < -0.4 is 9.92 Å². The van der Waals surface area contributed by atoms with Crippen LogP contribution >= 0.6 is 0 Å². The van der Waals surface area contributed by atoms with E-state index in [1.54, 1.807) is 12.3 Å². The van der Waals surface area contributed by atoms with E-state index in [4.69, 9.17) is 4.74 Å². The second-order valence-corrected chi connectivity index (χ2v) is 13.6. The summed E-state index contributed by atoms with van der Waals surface area (Å²) in [4.78, 5) is 0. The van der Waals surface area contributed by atoms with E-state index in [9.17, 15) is 0 Å². The Kier molecular flexibility index (Phi) is 6.76. The van der Waals surface area contributed by atoms with E-state index in [1.165, 1.54) is 44.6 Å². The molecule has 0 N–H and O–H groups in total. The molecule has 1 aromatic carbocycles. The normalized spacial score (nSPS) is 16.5. The molecule has 1 fully saturated rings. The third-order valence-electron chi connectivity index (χ3n) is 6.37. The van der Waals surface area contributed by atoms with Crippen molar-refractivity contribution in [2.24, 2.45) is 5.92 Å². The SMILES string of the molecule is COc1ccc([Si](CCCC2CCCC2)(C(C)C)C(C)C)cc1. The van der Waals surface area contributed by atoms with Crippen LogP contribution in [0.25, 0.3) is 0 Å². The van der Waals surface area contributed by atoms with Crippen LogP contribution in [0, 0.1) is 5.92 Å². The third kappa shape index (κ3) is 4.20. The Balaban J connectivity index is 2.16. The Morgan fingerprint density at radius 2 is 1.57 bits per heavy atom. The minimum Gasteiger partial charge on any atom is -0.497 e. The van der Waals surface area contributed by atoms with Gasteiger partial charge in [-0.3, -0.25) is 0 Å². The molecule has 1 aliphatic rings. The number of rotatable bonds is 8. The van der Waals surface area contributed by atoms with Gasteiger partial charge in [0.1, 0.15) is 5.75 Å². The Labute approximate surface area is 144 Å². The van der Waals surface area contributed by atoms with Crippen molar-refractivity contribution < 1.29 is 4.74 Å². The van der Waals surface area contributed by atoms with E-state index < -0.39 is 8.07 Å². The molecule has 0 aliphatic heterocycles. The third-order valence-corrected chi connectivity index (χ3v) is 13.1. The van der Waals surface area contributed by atoms with Crippen LogP contribution in [-0.2, 0) is 0 Å². The number of ether oxygens (including phenoxy) is 1. The van der Waals surface area contributed by atoms with Gasteiger partial charge >= 0.3 is 0 Å². The van der Waals surface area contributed by atoms with Gasteiger partial charge in [0.2, 0.25) is 0 Å². The van der Waals surface area contributed by atoms with Crippen molar-refractivity contribution in [1.29, 1.82) is 0 Å². The van der Waals surface area contributed by atoms with Gasteiger partial charge in [-0.25, -0.2) is 0 Å².